The Hall–Kier alpha value is -1.62. The normalized spacial score (nSPS) is 18.2. The molecule has 0 amide bonds. The maximum Gasteiger partial charge on any atom is 0.130 e. The Balaban J connectivity index is 1.80. The number of thiophene rings is 1. The molecular formula is C20H21ClN2OS. The number of hydrogen-bond acceptors (Lipinski definition) is 4. The minimum Gasteiger partial charge on any atom is -0.489 e. The Labute approximate surface area is 157 Å². The Morgan fingerprint density at radius 2 is 2.12 bits per heavy atom. The van der Waals surface area contributed by atoms with E-state index in [0.29, 0.717) is 0 Å². The van der Waals surface area contributed by atoms with Crippen LogP contribution >= 0.6 is 22.9 Å². The van der Waals surface area contributed by atoms with Gasteiger partial charge in [-0.1, -0.05) is 11.6 Å². The molecule has 1 N–H and O–H groups in total. The fourth-order valence-electron chi connectivity index (χ4n) is 3.44. The van der Waals surface area contributed by atoms with Crippen LogP contribution in [0.4, 0.5) is 0 Å². The first-order valence-electron chi connectivity index (χ1n) is 8.72. The van der Waals surface area contributed by atoms with E-state index in [9.17, 15) is 0 Å². The predicted octanol–water partition coefficient (Wildman–Crippen LogP) is 5.45. The summed E-state index contributed by atoms with van der Waals surface area (Å²) in [6, 6.07) is 8.12. The molecule has 0 bridgehead atoms. The zero-order valence-electron chi connectivity index (χ0n) is 14.2. The number of ether oxygens (including phenoxy) is 1. The molecule has 3 heterocycles. The molecule has 1 aliphatic rings. The summed E-state index contributed by atoms with van der Waals surface area (Å²) in [6.45, 7) is 4.16. The smallest absolute Gasteiger partial charge is 0.130 e. The van der Waals surface area contributed by atoms with Crippen LogP contribution in [0.25, 0.3) is 21.3 Å². The molecule has 1 unspecified atom stereocenters. The molecule has 2 aromatic heterocycles. The van der Waals surface area contributed by atoms with Gasteiger partial charge in [-0.25, -0.2) is 0 Å². The molecule has 1 fully saturated rings. The highest BCUT2D eigenvalue weighted by Crippen LogP contribution is 2.41. The molecule has 1 atom stereocenters. The van der Waals surface area contributed by atoms with E-state index in [1.54, 1.807) is 11.3 Å². The topological polar surface area (TPSA) is 34.1 Å². The number of aromatic nitrogens is 1. The second-order valence-electron chi connectivity index (χ2n) is 6.51. The van der Waals surface area contributed by atoms with Crippen LogP contribution in [0.2, 0.25) is 5.02 Å². The van der Waals surface area contributed by atoms with Gasteiger partial charge in [0.1, 0.15) is 11.9 Å². The molecule has 25 heavy (non-hydrogen) atoms. The van der Waals surface area contributed by atoms with Crippen molar-refractivity contribution in [3.05, 3.63) is 46.4 Å². The van der Waals surface area contributed by atoms with Gasteiger partial charge in [0.15, 0.2) is 0 Å². The van der Waals surface area contributed by atoms with E-state index in [2.05, 4.69) is 34.7 Å². The number of rotatable bonds is 3. The number of aryl methyl sites for hydroxylation is 1. The van der Waals surface area contributed by atoms with Gasteiger partial charge in [-0.2, -0.15) is 0 Å². The van der Waals surface area contributed by atoms with Crippen LogP contribution in [-0.2, 0) is 0 Å². The van der Waals surface area contributed by atoms with Gasteiger partial charge in [-0.05, 0) is 74.5 Å². The lowest BCUT2D eigenvalue weighted by Crippen LogP contribution is -2.20. The number of benzene rings is 1. The van der Waals surface area contributed by atoms with Gasteiger partial charge in [0.25, 0.3) is 0 Å². The first kappa shape index (κ1) is 16.8. The average Bonchev–Trinajstić information content (AvgIpc) is 2.93. The van der Waals surface area contributed by atoms with Crippen LogP contribution in [0.3, 0.4) is 0 Å². The Morgan fingerprint density at radius 3 is 3.04 bits per heavy atom. The van der Waals surface area contributed by atoms with E-state index in [1.165, 1.54) is 4.70 Å². The second kappa shape index (κ2) is 7.32. The highest BCUT2D eigenvalue weighted by molar-refractivity contribution is 7.17. The van der Waals surface area contributed by atoms with Gasteiger partial charge in [-0.3, -0.25) is 4.98 Å². The van der Waals surface area contributed by atoms with Crippen molar-refractivity contribution in [3.8, 4) is 16.9 Å². The van der Waals surface area contributed by atoms with E-state index in [-0.39, 0.29) is 6.10 Å². The van der Waals surface area contributed by atoms with Crippen LogP contribution in [0.5, 0.6) is 5.75 Å². The van der Waals surface area contributed by atoms with Gasteiger partial charge in [0.05, 0.1) is 10.2 Å². The van der Waals surface area contributed by atoms with E-state index in [4.69, 9.17) is 16.3 Å². The summed E-state index contributed by atoms with van der Waals surface area (Å²) in [5.74, 6) is 0.956. The number of nitrogens with one attached hydrogen (secondary N) is 1. The van der Waals surface area contributed by atoms with Crippen molar-refractivity contribution in [2.24, 2.45) is 0 Å². The minimum absolute atomic E-state index is 0.245. The molecule has 0 radical (unpaired) electrons. The van der Waals surface area contributed by atoms with Gasteiger partial charge in [-0.15, -0.1) is 11.3 Å². The summed E-state index contributed by atoms with van der Waals surface area (Å²) in [5.41, 5.74) is 4.32. The summed E-state index contributed by atoms with van der Waals surface area (Å²) >= 11 is 8.10. The quantitative estimate of drug-likeness (QED) is 0.664. The van der Waals surface area contributed by atoms with E-state index >= 15 is 0 Å². The van der Waals surface area contributed by atoms with Crippen molar-refractivity contribution >= 4 is 33.2 Å². The summed E-state index contributed by atoms with van der Waals surface area (Å²) in [7, 11) is 0. The first-order chi connectivity index (χ1) is 12.2. The van der Waals surface area contributed by atoms with Crippen molar-refractivity contribution in [2.75, 3.05) is 13.1 Å². The molecule has 0 spiro atoms. The lowest BCUT2D eigenvalue weighted by molar-refractivity contribution is 0.187. The lowest BCUT2D eigenvalue weighted by Gasteiger charge is -2.22. The SMILES string of the molecule is Cc1cc(Cl)cc(-c2ccnc3ccsc23)c1OC1CCCNCC1. The van der Waals surface area contributed by atoms with Gasteiger partial charge in [0.2, 0.25) is 0 Å². The highest BCUT2D eigenvalue weighted by Gasteiger charge is 2.19. The standard InChI is InChI=1S/C20H21ClN2OS/c1-13-11-14(21)12-17(16-5-9-23-18-6-10-25-20(16)18)19(13)24-15-3-2-7-22-8-4-15/h5-6,9-12,15,22H,2-4,7-8H2,1H3. The summed E-state index contributed by atoms with van der Waals surface area (Å²) in [5, 5.41) is 6.27. The van der Waals surface area contributed by atoms with Crippen molar-refractivity contribution < 1.29 is 4.74 Å². The molecule has 4 rings (SSSR count). The van der Waals surface area contributed by atoms with Crippen molar-refractivity contribution in [3.63, 3.8) is 0 Å². The van der Waals surface area contributed by atoms with Crippen LogP contribution in [0.15, 0.2) is 35.8 Å². The molecule has 130 valence electrons. The number of hydrogen-bond donors (Lipinski definition) is 1. The average molecular weight is 373 g/mol. The maximum atomic E-state index is 6.52. The predicted molar refractivity (Wildman–Crippen MR) is 106 cm³/mol. The number of halogens is 1. The zero-order chi connectivity index (χ0) is 17.2. The third-order valence-corrected chi connectivity index (χ3v) is 5.84. The highest BCUT2D eigenvalue weighted by atomic mass is 35.5. The Kier molecular flexibility index (Phi) is 4.93. The van der Waals surface area contributed by atoms with Crippen molar-refractivity contribution in [1.82, 2.24) is 10.3 Å². The minimum atomic E-state index is 0.245. The monoisotopic (exact) mass is 372 g/mol. The largest absolute Gasteiger partial charge is 0.489 e. The van der Waals surface area contributed by atoms with Gasteiger partial charge < -0.3 is 10.1 Å². The van der Waals surface area contributed by atoms with Crippen LogP contribution < -0.4 is 10.1 Å². The fourth-order valence-corrected chi connectivity index (χ4v) is 4.60. The van der Waals surface area contributed by atoms with E-state index in [0.717, 1.165) is 65.3 Å². The number of fused-ring (bicyclic) bond motifs is 1. The molecule has 1 aromatic carbocycles. The molecule has 1 aliphatic heterocycles. The van der Waals surface area contributed by atoms with Crippen LogP contribution in [0, 0.1) is 6.92 Å². The first-order valence-corrected chi connectivity index (χ1v) is 9.98. The zero-order valence-corrected chi connectivity index (χ0v) is 15.8. The Morgan fingerprint density at radius 1 is 1.20 bits per heavy atom. The second-order valence-corrected chi connectivity index (χ2v) is 7.87. The van der Waals surface area contributed by atoms with Crippen LogP contribution in [-0.4, -0.2) is 24.2 Å². The lowest BCUT2D eigenvalue weighted by atomic mass is 10.0. The van der Waals surface area contributed by atoms with E-state index < -0.39 is 0 Å². The van der Waals surface area contributed by atoms with Crippen molar-refractivity contribution in [1.29, 1.82) is 0 Å². The summed E-state index contributed by atoms with van der Waals surface area (Å²) < 4.78 is 7.70. The molecular weight excluding hydrogens is 352 g/mol. The third kappa shape index (κ3) is 3.52. The molecule has 3 aromatic rings. The van der Waals surface area contributed by atoms with Crippen LogP contribution in [0.1, 0.15) is 24.8 Å². The Bertz CT molecular complexity index is 885. The van der Waals surface area contributed by atoms with Gasteiger partial charge in [0, 0.05) is 22.3 Å². The summed E-state index contributed by atoms with van der Waals surface area (Å²) in [4.78, 5) is 4.46. The van der Waals surface area contributed by atoms with Crippen molar-refractivity contribution in [2.45, 2.75) is 32.3 Å². The molecule has 1 saturated heterocycles. The number of nitrogens with zero attached hydrogens (tertiary/aromatic N) is 1. The maximum absolute atomic E-state index is 6.52. The molecule has 0 aliphatic carbocycles. The number of pyridine rings is 1. The molecule has 0 saturated carbocycles. The van der Waals surface area contributed by atoms with Gasteiger partial charge >= 0.3 is 0 Å². The molecule has 3 nitrogen and oxygen atoms in total. The molecule has 5 heteroatoms. The summed E-state index contributed by atoms with van der Waals surface area (Å²) in [6.07, 6.45) is 5.37. The fraction of sp³-hybridized carbons (Fsp3) is 0.350. The third-order valence-electron chi connectivity index (χ3n) is 4.68. The van der Waals surface area contributed by atoms with E-state index in [1.807, 2.05) is 18.3 Å².